The van der Waals surface area contributed by atoms with Gasteiger partial charge >= 0.3 is 0 Å². The van der Waals surface area contributed by atoms with Gasteiger partial charge in [-0.25, -0.2) is 13.1 Å². The lowest BCUT2D eigenvalue weighted by atomic mass is 9.95. The molecule has 0 saturated heterocycles. The summed E-state index contributed by atoms with van der Waals surface area (Å²) >= 11 is 1.73. The van der Waals surface area contributed by atoms with Gasteiger partial charge in [-0.2, -0.15) is 0 Å². The smallest absolute Gasteiger partial charge is 0.241 e. The molecule has 1 aromatic carbocycles. The van der Waals surface area contributed by atoms with E-state index in [1.165, 1.54) is 10.4 Å². The highest BCUT2D eigenvalue weighted by atomic mass is 32.2. The first-order valence-electron chi connectivity index (χ1n) is 9.53. The van der Waals surface area contributed by atoms with Crippen LogP contribution in [0.25, 0.3) is 0 Å². The Balaban J connectivity index is 1.67. The van der Waals surface area contributed by atoms with Crippen LogP contribution in [-0.2, 0) is 27.8 Å². The third-order valence-electron chi connectivity index (χ3n) is 5.99. The molecule has 152 valence electrons. The topological polar surface area (TPSA) is 66.5 Å². The maximum atomic E-state index is 12.9. The van der Waals surface area contributed by atoms with Gasteiger partial charge in [-0.15, -0.1) is 11.3 Å². The molecule has 5 nitrogen and oxygen atoms in total. The summed E-state index contributed by atoms with van der Waals surface area (Å²) < 4.78 is 28.5. The van der Waals surface area contributed by atoms with E-state index in [2.05, 4.69) is 16.2 Å². The Bertz CT molecular complexity index is 994. The van der Waals surface area contributed by atoms with Gasteiger partial charge in [0, 0.05) is 30.9 Å². The summed E-state index contributed by atoms with van der Waals surface area (Å²) in [4.78, 5) is 16.0. The van der Waals surface area contributed by atoms with Gasteiger partial charge in [0.2, 0.25) is 15.9 Å². The van der Waals surface area contributed by atoms with E-state index in [-0.39, 0.29) is 18.9 Å². The molecular formula is C21H28N2O3S2. The van der Waals surface area contributed by atoms with E-state index >= 15 is 0 Å². The van der Waals surface area contributed by atoms with Crippen LogP contribution in [0.15, 0.2) is 16.3 Å². The van der Waals surface area contributed by atoms with E-state index < -0.39 is 10.0 Å². The molecule has 2 aromatic rings. The number of carbonyl (C=O) groups excluding carboxylic acids is 1. The SMILES string of the molecule is Cc1c(C)c(C)c(S(=O)(=O)NCCC(=O)N2CCc3sccc3C2)c(C)c1C. The Morgan fingerprint density at radius 2 is 1.68 bits per heavy atom. The van der Waals surface area contributed by atoms with E-state index in [0.717, 1.165) is 34.2 Å². The fraction of sp³-hybridized carbons (Fsp3) is 0.476. The van der Waals surface area contributed by atoms with Gasteiger partial charge in [-0.1, -0.05) is 0 Å². The first kappa shape index (κ1) is 21.0. The molecule has 1 aromatic heterocycles. The zero-order valence-electron chi connectivity index (χ0n) is 17.2. The average Bonchev–Trinajstić information content (AvgIpc) is 3.12. The molecule has 1 aliphatic rings. The lowest BCUT2D eigenvalue weighted by Gasteiger charge is -2.27. The number of hydrogen-bond acceptors (Lipinski definition) is 4. The van der Waals surface area contributed by atoms with Crippen LogP contribution < -0.4 is 4.72 Å². The van der Waals surface area contributed by atoms with Crippen molar-refractivity contribution in [1.82, 2.24) is 9.62 Å². The van der Waals surface area contributed by atoms with E-state index in [0.29, 0.717) is 18.0 Å². The number of fused-ring (bicyclic) bond motifs is 1. The van der Waals surface area contributed by atoms with Gasteiger partial charge in [0.1, 0.15) is 0 Å². The van der Waals surface area contributed by atoms with Crippen LogP contribution >= 0.6 is 11.3 Å². The fourth-order valence-corrected chi connectivity index (χ4v) is 6.37. The van der Waals surface area contributed by atoms with Crippen LogP contribution in [0.4, 0.5) is 0 Å². The van der Waals surface area contributed by atoms with E-state index in [1.807, 2.05) is 39.5 Å². The molecule has 0 bridgehead atoms. The van der Waals surface area contributed by atoms with Crippen molar-refractivity contribution in [3.63, 3.8) is 0 Å². The number of rotatable bonds is 5. The zero-order valence-corrected chi connectivity index (χ0v) is 18.8. The molecule has 0 atom stereocenters. The largest absolute Gasteiger partial charge is 0.338 e. The molecule has 0 unspecified atom stereocenters. The minimum Gasteiger partial charge on any atom is -0.338 e. The van der Waals surface area contributed by atoms with Crippen molar-refractivity contribution in [2.75, 3.05) is 13.1 Å². The Kier molecular flexibility index (Phi) is 5.98. The van der Waals surface area contributed by atoms with Crippen molar-refractivity contribution >= 4 is 27.3 Å². The van der Waals surface area contributed by atoms with Crippen molar-refractivity contribution in [3.05, 3.63) is 49.7 Å². The number of amides is 1. The van der Waals surface area contributed by atoms with E-state index in [1.54, 1.807) is 11.3 Å². The number of benzene rings is 1. The molecule has 0 saturated carbocycles. The number of thiophene rings is 1. The Morgan fingerprint density at radius 1 is 1.07 bits per heavy atom. The van der Waals surface area contributed by atoms with Gasteiger partial charge in [0.25, 0.3) is 0 Å². The molecule has 0 aliphatic carbocycles. The summed E-state index contributed by atoms with van der Waals surface area (Å²) in [5.74, 6) is -0.00994. The Morgan fingerprint density at radius 3 is 2.32 bits per heavy atom. The summed E-state index contributed by atoms with van der Waals surface area (Å²) in [6.07, 6.45) is 1.05. The Hall–Kier alpha value is -1.70. The van der Waals surface area contributed by atoms with Crippen LogP contribution in [0.2, 0.25) is 0 Å². The number of nitrogens with zero attached hydrogens (tertiary/aromatic N) is 1. The van der Waals surface area contributed by atoms with Crippen LogP contribution in [0.3, 0.4) is 0 Å². The third kappa shape index (κ3) is 3.88. The predicted octanol–water partition coefficient (Wildman–Crippen LogP) is 3.54. The molecule has 0 fully saturated rings. The molecule has 3 rings (SSSR count). The fourth-order valence-electron chi connectivity index (χ4n) is 3.85. The highest BCUT2D eigenvalue weighted by molar-refractivity contribution is 7.89. The minimum absolute atomic E-state index is 0.00994. The van der Waals surface area contributed by atoms with Gasteiger partial charge in [-0.05, 0) is 85.9 Å². The molecule has 0 spiro atoms. The van der Waals surface area contributed by atoms with Crippen LogP contribution in [-0.4, -0.2) is 32.3 Å². The number of hydrogen-bond donors (Lipinski definition) is 1. The summed E-state index contributed by atoms with van der Waals surface area (Å²) in [5, 5.41) is 2.06. The van der Waals surface area contributed by atoms with E-state index in [4.69, 9.17) is 0 Å². The Labute approximate surface area is 171 Å². The van der Waals surface area contributed by atoms with Crippen LogP contribution in [0.5, 0.6) is 0 Å². The zero-order chi connectivity index (χ0) is 20.6. The minimum atomic E-state index is -3.67. The molecule has 28 heavy (non-hydrogen) atoms. The molecule has 1 aliphatic heterocycles. The lowest BCUT2D eigenvalue weighted by Crippen LogP contribution is -2.37. The summed E-state index contributed by atoms with van der Waals surface area (Å²) in [6, 6.07) is 2.07. The summed E-state index contributed by atoms with van der Waals surface area (Å²) in [6.45, 7) is 11.1. The van der Waals surface area contributed by atoms with Crippen molar-refractivity contribution < 1.29 is 13.2 Å². The quantitative estimate of drug-likeness (QED) is 0.804. The first-order valence-corrected chi connectivity index (χ1v) is 11.9. The van der Waals surface area contributed by atoms with Crippen LogP contribution in [0, 0.1) is 34.6 Å². The second kappa shape index (κ2) is 7.97. The number of carbonyl (C=O) groups is 1. The standard InChI is InChI=1S/C21H28N2O3S2/c1-13-14(2)16(4)21(17(5)15(13)3)28(25,26)22-9-6-20(24)23-10-7-19-18(12-23)8-11-27-19/h8,11,22H,6-7,9-10,12H2,1-5H3. The molecule has 0 radical (unpaired) electrons. The second-order valence-corrected chi connectivity index (χ2v) is 10.2. The summed E-state index contributed by atoms with van der Waals surface area (Å²) in [7, 11) is -3.67. The van der Waals surface area contributed by atoms with Gasteiger partial charge in [0.05, 0.1) is 4.90 Å². The van der Waals surface area contributed by atoms with Crippen LogP contribution in [0.1, 0.15) is 44.7 Å². The normalized spacial score (nSPS) is 14.2. The molecule has 1 amide bonds. The van der Waals surface area contributed by atoms with Gasteiger partial charge in [0.15, 0.2) is 0 Å². The van der Waals surface area contributed by atoms with Crippen molar-refractivity contribution in [1.29, 1.82) is 0 Å². The second-order valence-electron chi connectivity index (χ2n) is 7.54. The van der Waals surface area contributed by atoms with Crippen molar-refractivity contribution in [2.24, 2.45) is 0 Å². The molecule has 7 heteroatoms. The van der Waals surface area contributed by atoms with E-state index in [9.17, 15) is 13.2 Å². The molecule has 1 N–H and O–H groups in total. The average molecular weight is 421 g/mol. The number of sulfonamides is 1. The maximum absolute atomic E-state index is 12.9. The first-order chi connectivity index (χ1) is 13.1. The monoisotopic (exact) mass is 420 g/mol. The molecular weight excluding hydrogens is 392 g/mol. The van der Waals surface area contributed by atoms with Crippen molar-refractivity contribution in [3.8, 4) is 0 Å². The van der Waals surface area contributed by atoms with Gasteiger partial charge in [-0.3, -0.25) is 4.79 Å². The number of nitrogens with one attached hydrogen (secondary N) is 1. The lowest BCUT2D eigenvalue weighted by molar-refractivity contribution is -0.131. The third-order valence-corrected chi connectivity index (χ3v) is 8.75. The van der Waals surface area contributed by atoms with Crippen molar-refractivity contribution in [2.45, 2.75) is 58.9 Å². The summed E-state index contributed by atoms with van der Waals surface area (Å²) in [5.41, 5.74) is 5.89. The molecule has 2 heterocycles. The highest BCUT2D eigenvalue weighted by Gasteiger charge is 2.25. The highest BCUT2D eigenvalue weighted by Crippen LogP contribution is 2.29. The maximum Gasteiger partial charge on any atom is 0.241 e. The predicted molar refractivity (Wildman–Crippen MR) is 113 cm³/mol. The van der Waals surface area contributed by atoms with Gasteiger partial charge < -0.3 is 4.90 Å².